The largest absolute Gasteiger partial charge is 0.493 e. The van der Waals surface area contributed by atoms with Crippen molar-refractivity contribution < 1.29 is 24.1 Å². The van der Waals surface area contributed by atoms with Crippen molar-refractivity contribution in [1.29, 1.82) is 0 Å². The molecule has 1 aliphatic heterocycles. The molecule has 1 aliphatic rings. The topological polar surface area (TPSA) is 68.2 Å². The molecule has 6 heteroatoms. The number of likely N-dealkylation sites (tertiary alicyclic amines) is 1. The van der Waals surface area contributed by atoms with Crippen molar-refractivity contribution in [3.63, 3.8) is 0 Å². The van der Waals surface area contributed by atoms with Crippen LogP contribution in [0, 0.1) is 0 Å². The third-order valence-corrected chi connectivity index (χ3v) is 3.26. The van der Waals surface area contributed by atoms with E-state index in [1.165, 1.54) is 21.3 Å². The zero-order valence-corrected chi connectivity index (χ0v) is 12.1. The molecule has 6 nitrogen and oxygen atoms in total. The van der Waals surface area contributed by atoms with Gasteiger partial charge in [0.15, 0.2) is 11.5 Å². The minimum absolute atomic E-state index is 0.171. The summed E-state index contributed by atoms with van der Waals surface area (Å²) in [5.41, 5.74) is -0.356. The number of methoxy groups -OCH3 is 3. The first-order valence-corrected chi connectivity index (χ1v) is 6.23. The molecule has 1 saturated heterocycles. The van der Waals surface area contributed by atoms with Gasteiger partial charge in [-0.05, 0) is 19.1 Å². The first-order chi connectivity index (χ1) is 9.41. The zero-order valence-electron chi connectivity index (χ0n) is 12.1. The number of hydrogen-bond donors (Lipinski definition) is 1. The summed E-state index contributed by atoms with van der Waals surface area (Å²) >= 11 is 0. The molecular weight excluding hydrogens is 262 g/mol. The van der Waals surface area contributed by atoms with Crippen LogP contribution in [0.4, 0.5) is 0 Å². The second-order valence-corrected chi connectivity index (χ2v) is 5.07. The van der Waals surface area contributed by atoms with Gasteiger partial charge in [-0.1, -0.05) is 0 Å². The zero-order chi connectivity index (χ0) is 14.9. The van der Waals surface area contributed by atoms with E-state index in [9.17, 15) is 9.90 Å². The van der Waals surface area contributed by atoms with Gasteiger partial charge in [-0.3, -0.25) is 4.79 Å². The molecule has 0 aromatic heterocycles. The van der Waals surface area contributed by atoms with Crippen molar-refractivity contribution >= 4 is 5.91 Å². The van der Waals surface area contributed by atoms with Crippen LogP contribution in [0.15, 0.2) is 12.1 Å². The van der Waals surface area contributed by atoms with Crippen molar-refractivity contribution in [1.82, 2.24) is 4.90 Å². The molecule has 0 aliphatic carbocycles. The Morgan fingerprint density at radius 3 is 2.00 bits per heavy atom. The Kier molecular flexibility index (Phi) is 3.76. The number of aliphatic hydroxyl groups is 1. The summed E-state index contributed by atoms with van der Waals surface area (Å²) < 4.78 is 15.6. The highest BCUT2D eigenvalue weighted by Gasteiger charge is 2.40. The first kappa shape index (κ1) is 14.5. The van der Waals surface area contributed by atoms with E-state index in [0.29, 0.717) is 35.9 Å². The van der Waals surface area contributed by atoms with Gasteiger partial charge in [0.05, 0.1) is 40.0 Å². The molecule has 110 valence electrons. The van der Waals surface area contributed by atoms with Crippen LogP contribution in [0.5, 0.6) is 17.2 Å². The predicted octanol–water partition coefficient (Wildman–Crippen LogP) is 0.919. The predicted molar refractivity (Wildman–Crippen MR) is 72.6 cm³/mol. The third-order valence-electron chi connectivity index (χ3n) is 3.26. The monoisotopic (exact) mass is 281 g/mol. The fourth-order valence-corrected chi connectivity index (χ4v) is 2.31. The Morgan fingerprint density at radius 1 is 1.15 bits per heavy atom. The molecule has 1 aromatic rings. The van der Waals surface area contributed by atoms with Gasteiger partial charge in [0.25, 0.3) is 5.91 Å². The number of amides is 1. The average molecular weight is 281 g/mol. The highest BCUT2D eigenvalue weighted by atomic mass is 16.5. The van der Waals surface area contributed by atoms with Crippen molar-refractivity contribution in [2.24, 2.45) is 0 Å². The van der Waals surface area contributed by atoms with Gasteiger partial charge in [0, 0.05) is 5.56 Å². The lowest BCUT2D eigenvalue weighted by molar-refractivity contribution is -0.0668. The van der Waals surface area contributed by atoms with Crippen molar-refractivity contribution in [3.8, 4) is 17.2 Å². The van der Waals surface area contributed by atoms with E-state index < -0.39 is 5.60 Å². The van der Waals surface area contributed by atoms with Gasteiger partial charge in [-0.15, -0.1) is 0 Å². The maximum absolute atomic E-state index is 12.3. The van der Waals surface area contributed by atoms with E-state index in [1.54, 1.807) is 24.0 Å². The molecule has 1 aromatic carbocycles. The molecule has 0 saturated carbocycles. The van der Waals surface area contributed by atoms with Gasteiger partial charge >= 0.3 is 0 Å². The number of β-amino-alcohol motifs (C(OH)–C–C–N with tert-alkyl or cyclic N) is 1. The van der Waals surface area contributed by atoms with E-state index in [1.807, 2.05) is 0 Å². The van der Waals surface area contributed by atoms with Crippen LogP contribution in [-0.4, -0.2) is 55.9 Å². The Morgan fingerprint density at radius 2 is 1.65 bits per heavy atom. The lowest BCUT2D eigenvalue weighted by atomic mass is 9.96. The number of carbonyl (C=O) groups excluding carboxylic acids is 1. The number of hydrogen-bond acceptors (Lipinski definition) is 5. The highest BCUT2D eigenvalue weighted by Crippen LogP contribution is 2.38. The molecule has 0 bridgehead atoms. The minimum atomic E-state index is -0.795. The second-order valence-electron chi connectivity index (χ2n) is 5.07. The molecule has 1 amide bonds. The van der Waals surface area contributed by atoms with Gasteiger partial charge in [0.2, 0.25) is 5.75 Å². The minimum Gasteiger partial charge on any atom is -0.493 e. The smallest absolute Gasteiger partial charge is 0.254 e. The molecule has 20 heavy (non-hydrogen) atoms. The Bertz CT molecular complexity index is 493. The van der Waals surface area contributed by atoms with Gasteiger partial charge in [-0.2, -0.15) is 0 Å². The molecule has 0 atom stereocenters. The molecule has 1 fully saturated rings. The second kappa shape index (κ2) is 5.20. The normalized spacial score (nSPS) is 16.4. The Labute approximate surface area is 117 Å². The van der Waals surface area contributed by atoms with Crippen LogP contribution >= 0.6 is 0 Å². The maximum Gasteiger partial charge on any atom is 0.254 e. The molecule has 0 radical (unpaired) electrons. The first-order valence-electron chi connectivity index (χ1n) is 6.23. The van der Waals surface area contributed by atoms with Gasteiger partial charge in [0.1, 0.15) is 0 Å². The molecule has 1 N–H and O–H groups in total. The summed E-state index contributed by atoms with van der Waals surface area (Å²) in [5, 5.41) is 9.70. The summed E-state index contributed by atoms with van der Waals surface area (Å²) in [6, 6.07) is 3.22. The fourth-order valence-electron chi connectivity index (χ4n) is 2.31. The van der Waals surface area contributed by atoms with Crippen molar-refractivity contribution in [2.75, 3.05) is 34.4 Å². The Hall–Kier alpha value is -1.95. The molecular formula is C14H19NO5. The van der Waals surface area contributed by atoms with Crippen LogP contribution in [-0.2, 0) is 0 Å². The van der Waals surface area contributed by atoms with Crippen LogP contribution in [0.2, 0.25) is 0 Å². The SMILES string of the molecule is COc1cc(C(=O)N2CC(C)(O)C2)cc(OC)c1OC. The van der Waals surface area contributed by atoms with Gasteiger partial charge in [-0.25, -0.2) is 0 Å². The number of ether oxygens (including phenoxy) is 3. The summed E-state index contributed by atoms with van der Waals surface area (Å²) in [4.78, 5) is 13.9. The van der Waals surface area contributed by atoms with E-state index >= 15 is 0 Å². The standard InChI is InChI=1S/C14H19NO5/c1-14(17)7-15(8-14)13(16)9-5-10(18-2)12(20-4)11(6-9)19-3/h5-6,17H,7-8H2,1-4H3. The van der Waals surface area contributed by atoms with Crippen LogP contribution in [0.1, 0.15) is 17.3 Å². The fraction of sp³-hybridized carbons (Fsp3) is 0.500. The number of rotatable bonds is 4. The van der Waals surface area contributed by atoms with Crippen LogP contribution in [0.3, 0.4) is 0 Å². The summed E-state index contributed by atoms with van der Waals surface area (Å²) in [7, 11) is 4.51. The quantitative estimate of drug-likeness (QED) is 0.889. The maximum atomic E-state index is 12.3. The highest BCUT2D eigenvalue weighted by molar-refractivity contribution is 5.96. The molecule has 1 heterocycles. The van der Waals surface area contributed by atoms with E-state index in [2.05, 4.69) is 0 Å². The van der Waals surface area contributed by atoms with E-state index in [-0.39, 0.29) is 5.91 Å². The molecule has 0 spiro atoms. The van der Waals surface area contributed by atoms with E-state index in [4.69, 9.17) is 14.2 Å². The number of nitrogens with zero attached hydrogens (tertiary/aromatic N) is 1. The van der Waals surface area contributed by atoms with Crippen LogP contribution < -0.4 is 14.2 Å². The van der Waals surface area contributed by atoms with Crippen molar-refractivity contribution in [3.05, 3.63) is 17.7 Å². The number of benzene rings is 1. The summed E-state index contributed by atoms with van der Waals surface area (Å²) in [6.45, 7) is 2.34. The summed E-state index contributed by atoms with van der Waals surface area (Å²) in [6.07, 6.45) is 0. The van der Waals surface area contributed by atoms with Crippen LogP contribution in [0.25, 0.3) is 0 Å². The summed E-state index contributed by atoms with van der Waals surface area (Å²) in [5.74, 6) is 1.14. The lowest BCUT2D eigenvalue weighted by Crippen LogP contribution is -2.61. The van der Waals surface area contributed by atoms with Gasteiger partial charge < -0.3 is 24.2 Å². The lowest BCUT2D eigenvalue weighted by Gasteiger charge is -2.44. The number of carbonyl (C=O) groups is 1. The van der Waals surface area contributed by atoms with E-state index in [0.717, 1.165) is 0 Å². The third kappa shape index (κ3) is 2.51. The average Bonchev–Trinajstić information content (AvgIpc) is 2.41. The molecule has 2 rings (SSSR count). The van der Waals surface area contributed by atoms with Crippen molar-refractivity contribution in [2.45, 2.75) is 12.5 Å². The Balaban J connectivity index is 2.31. The molecule has 0 unspecified atom stereocenters.